The molecule has 1 aromatic carbocycles. The Morgan fingerprint density at radius 1 is 1.52 bits per heavy atom. The first-order valence-corrected chi connectivity index (χ1v) is 8.06. The monoisotopic (exact) mass is 431 g/mol. The van der Waals surface area contributed by atoms with Gasteiger partial charge in [0.25, 0.3) is 0 Å². The molecule has 2 fully saturated rings. The van der Waals surface area contributed by atoms with Gasteiger partial charge in [-0.1, -0.05) is 12.1 Å². The highest BCUT2D eigenvalue weighted by atomic mass is 127. The molecule has 23 heavy (non-hydrogen) atoms. The van der Waals surface area contributed by atoms with E-state index in [1.54, 1.807) is 0 Å². The number of guanidine groups is 1. The third-order valence-corrected chi connectivity index (χ3v) is 4.58. The predicted octanol–water partition coefficient (Wildman–Crippen LogP) is 3.07. The summed E-state index contributed by atoms with van der Waals surface area (Å²) in [5.74, 6) is 0.445. The van der Waals surface area contributed by atoms with Crippen molar-refractivity contribution < 1.29 is 9.47 Å². The molecule has 6 heteroatoms. The minimum atomic E-state index is -0.255. The van der Waals surface area contributed by atoms with Crippen LogP contribution in [-0.4, -0.2) is 36.9 Å². The molecule has 1 saturated heterocycles. The van der Waals surface area contributed by atoms with Crippen LogP contribution in [0.5, 0.6) is 0 Å². The predicted molar refractivity (Wildman–Crippen MR) is 104 cm³/mol. The van der Waals surface area contributed by atoms with E-state index in [0.717, 1.165) is 31.6 Å². The average Bonchev–Trinajstić information content (AvgIpc) is 2.99. The maximum Gasteiger partial charge on any atom is 0.193 e. The molecular weight excluding hydrogens is 405 g/mol. The number of ether oxygens (including phenoxy) is 2. The number of hydrogen-bond donors (Lipinski definition) is 2. The first kappa shape index (κ1) is 18.5. The van der Waals surface area contributed by atoms with Crippen LogP contribution in [-0.2, 0) is 9.47 Å². The Bertz CT molecular complexity index is 559. The maximum atomic E-state index is 6.08. The molecule has 1 aromatic rings. The van der Waals surface area contributed by atoms with E-state index in [0.29, 0.717) is 12.6 Å². The summed E-state index contributed by atoms with van der Waals surface area (Å²) < 4.78 is 11.8. The molecule has 1 heterocycles. The lowest BCUT2D eigenvalue weighted by atomic mass is 9.70. The highest BCUT2D eigenvalue weighted by Gasteiger charge is 2.59. The molecule has 1 aliphatic heterocycles. The van der Waals surface area contributed by atoms with Gasteiger partial charge in [0, 0.05) is 25.3 Å². The molecular formula is C17H26IN3O2. The van der Waals surface area contributed by atoms with Crippen molar-refractivity contribution in [1.29, 1.82) is 0 Å². The molecule has 1 spiro atoms. The fourth-order valence-electron chi connectivity index (χ4n) is 3.50. The fraction of sp³-hybridized carbons (Fsp3) is 0.588. The quantitative estimate of drug-likeness (QED) is 0.437. The van der Waals surface area contributed by atoms with Gasteiger partial charge in [0.1, 0.15) is 5.60 Å². The number of nitrogens with one attached hydrogen (secondary N) is 1. The Kier molecular flexibility index (Phi) is 6.27. The summed E-state index contributed by atoms with van der Waals surface area (Å²) in [6.07, 6.45) is 3.11. The Balaban J connectivity index is 0.00000192. The van der Waals surface area contributed by atoms with E-state index in [2.05, 4.69) is 23.3 Å². The number of aliphatic imine (C=N–C) groups is 1. The molecule has 3 N–H and O–H groups in total. The second-order valence-electron chi connectivity index (χ2n) is 6.11. The molecule has 0 aromatic heterocycles. The van der Waals surface area contributed by atoms with Crippen LogP contribution in [0.25, 0.3) is 0 Å². The number of anilines is 1. The lowest BCUT2D eigenvalue weighted by Gasteiger charge is -2.50. The number of hydrogen-bond acceptors (Lipinski definition) is 3. The summed E-state index contributed by atoms with van der Waals surface area (Å²) in [6, 6.07) is 8.18. The van der Waals surface area contributed by atoms with Crippen LogP contribution in [0.1, 0.15) is 31.7 Å². The van der Waals surface area contributed by atoms with Crippen molar-refractivity contribution >= 4 is 35.6 Å². The molecule has 0 amide bonds. The summed E-state index contributed by atoms with van der Waals surface area (Å²) in [5, 5.41) is 3.17. The number of benzene rings is 1. The Morgan fingerprint density at radius 3 is 3.00 bits per heavy atom. The first-order valence-electron chi connectivity index (χ1n) is 8.06. The van der Waals surface area contributed by atoms with E-state index in [1.807, 2.05) is 25.1 Å². The van der Waals surface area contributed by atoms with Crippen LogP contribution < -0.4 is 11.1 Å². The largest absolute Gasteiger partial charge is 0.375 e. The van der Waals surface area contributed by atoms with Crippen LogP contribution in [0.4, 0.5) is 5.69 Å². The zero-order chi connectivity index (χ0) is 15.6. The van der Waals surface area contributed by atoms with Crippen LogP contribution in [0, 0.1) is 6.92 Å². The topological polar surface area (TPSA) is 68.9 Å². The van der Waals surface area contributed by atoms with E-state index in [1.165, 1.54) is 5.56 Å². The molecule has 0 radical (unpaired) electrons. The van der Waals surface area contributed by atoms with Gasteiger partial charge in [-0.2, -0.15) is 0 Å². The molecule has 128 valence electrons. The summed E-state index contributed by atoms with van der Waals surface area (Å²) >= 11 is 0. The van der Waals surface area contributed by atoms with Crippen molar-refractivity contribution in [3.63, 3.8) is 0 Å². The van der Waals surface area contributed by atoms with Gasteiger partial charge in [-0.05, 0) is 44.4 Å². The second kappa shape index (κ2) is 7.81. The zero-order valence-electron chi connectivity index (χ0n) is 13.7. The minimum absolute atomic E-state index is 0. The third kappa shape index (κ3) is 3.80. The second-order valence-corrected chi connectivity index (χ2v) is 6.11. The smallest absolute Gasteiger partial charge is 0.193 e. The minimum Gasteiger partial charge on any atom is -0.375 e. The molecule has 3 unspecified atom stereocenters. The highest BCUT2D eigenvalue weighted by Crippen LogP contribution is 2.47. The van der Waals surface area contributed by atoms with E-state index >= 15 is 0 Å². The van der Waals surface area contributed by atoms with Crippen molar-refractivity contribution in [2.75, 3.05) is 18.5 Å². The number of nitrogens with two attached hydrogens (primary N) is 1. The first-order chi connectivity index (χ1) is 10.6. The molecule has 1 saturated carbocycles. The summed E-state index contributed by atoms with van der Waals surface area (Å²) in [6.45, 7) is 5.58. The van der Waals surface area contributed by atoms with Gasteiger partial charge < -0.3 is 20.5 Å². The van der Waals surface area contributed by atoms with Crippen molar-refractivity contribution in [3.05, 3.63) is 29.8 Å². The Morgan fingerprint density at radius 2 is 2.35 bits per heavy atom. The standard InChI is InChI=1S/C17H25N3O2.HI/c1-3-21-15-11-14(17(15)8-5-9-22-17)20-16(18)19-13-7-4-6-12(2)10-13;/h4,6-7,10,14-15H,3,5,8-9,11H2,1-2H3,(H3,18,19,20);1H. The maximum absolute atomic E-state index is 6.08. The van der Waals surface area contributed by atoms with E-state index in [4.69, 9.17) is 15.2 Å². The fourth-order valence-corrected chi connectivity index (χ4v) is 3.50. The van der Waals surface area contributed by atoms with E-state index in [9.17, 15) is 0 Å². The molecule has 2 aliphatic rings. The van der Waals surface area contributed by atoms with Crippen LogP contribution >= 0.6 is 24.0 Å². The molecule has 5 nitrogen and oxygen atoms in total. The van der Waals surface area contributed by atoms with Gasteiger partial charge >= 0.3 is 0 Å². The van der Waals surface area contributed by atoms with Crippen molar-refractivity contribution in [1.82, 2.24) is 0 Å². The van der Waals surface area contributed by atoms with E-state index in [-0.39, 0.29) is 41.7 Å². The van der Waals surface area contributed by atoms with Gasteiger partial charge in [0.15, 0.2) is 5.96 Å². The molecule has 3 rings (SSSR count). The summed E-state index contributed by atoms with van der Waals surface area (Å²) in [5.41, 5.74) is 7.97. The summed E-state index contributed by atoms with van der Waals surface area (Å²) in [7, 11) is 0. The normalized spacial score (nSPS) is 29.9. The Labute approximate surface area is 155 Å². The van der Waals surface area contributed by atoms with Gasteiger partial charge in [0.2, 0.25) is 0 Å². The zero-order valence-corrected chi connectivity index (χ0v) is 16.1. The van der Waals surface area contributed by atoms with Gasteiger partial charge in [0.05, 0.1) is 12.1 Å². The lowest BCUT2D eigenvalue weighted by Crippen LogP contribution is -2.63. The highest BCUT2D eigenvalue weighted by molar-refractivity contribution is 14.0. The van der Waals surface area contributed by atoms with Crippen LogP contribution in [0.2, 0.25) is 0 Å². The molecule has 0 bridgehead atoms. The van der Waals surface area contributed by atoms with Crippen LogP contribution in [0.3, 0.4) is 0 Å². The van der Waals surface area contributed by atoms with Crippen molar-refractivity contribution in [2.45, 2.75) is 50.9 Å². The SMILES string of the molecule is CCOC1CC(N=C(N)Nc2cccc(C)c2)C12CCCO2.I. The molecule has 1 aliphatic carbocycles. The van der Waals surface area contributed by atoms with Gasteiger partial charge in [-0.25, -0.2) is 4.99 Å². The Hall–Kier alpha value is -0.860. The lowest BCUT2D eigenvalue weighted by molar-refractivity contribution is -0.188. The number of halogens is 1. The van der Waals surface area contributed by atoms with Crippen molar-refractivity contribution in [3.8, 4) is 0 Å². The average molecular weight is 431 g/mol. The van der Waals surface area contributed by atoms with Crippen LogP contribution in [0.15, 0.2) is 29.3 Å². The number of nitrogens with zero attached hydrogens (tertiary/aromatic N) is 1. The third-order valence-electron chi connectivity index (χ3n) is 4.58. The van der Waals surface area contributed by atoms with Gasteiger partial charge in [-0.3, -0.25) is 0 Å². The number of aryl methyl sites for hydroxylation is 1. The van der Waals surface area contributed by atoms with Crippen molar-refractivity contribution in [2.24, 2.45) is 10.7 Å². The van der Waals surface area contributed by atoms with E-state index < -0.39 is 0 Å². The number of rotatable bonds is 4. The van der Waals surface area contributed by atoms with Gasteiger partial charge in [-0.15, -0.1) is 24.0 Å². The summed E-state index contributed by atoms with van der Waals surface area (Å²) in [4.78, 5) is 4.65. The molecule has 3 atom stereocenters.